The summed E-state index contributed by atoms with van der Waals surface area (Å²) in [5.74, 6) is 1.16. The Kier molecular flexibility index (Phi) is 4.36. The standard InChI is InChI=1S/C19H19N3O2S/c1-13-6-4-7-14(12-13)17-20-18(24-21-17)15-8-2-3-10-22(15)19(23)16-9-5-11-25-16/h4-7,9,11-12,15H,2-3,8,10H2,1H3/t15-/m1/s1. The van der Waals surface area contributed by atoms with Gasteiger partial charge in [0.15, 0.2) is 0 Å². The first-order chi connectivity index (χ1) is 12.2. The minimum atomic E-state index is -0.144. The molecule has 0 bridgehead atoms. The van der Waals surface area contributed by atoms with E-state index in [0.29, 0.717) is 11.7 Å². The third kappa shape index (κ3) is 3.22. The number of benzene rings is 1. The SMILES string of the molecule is Cc1cccc(-c2noc([C@H]3CCCCN3C(=O)c3cccs3)n2)c1. The lowest BCUT2D eigenvalue weighted by Gasteiger charge is -2.33. The summed E-state index contributed by atoms with van der Waals surface area (Å²) < 4.78 is 5.54. The fraction of sp³-hybridized carbons (Fsp3) is 0.316. The molecule has 1 atom stereocenters. The molecule has 0 radical (unpaired) electrons. The minimum Gasteiger partial charge on any atom is -0.337 e. The molecule has 0 saturated carbocycles. The van der Waals surface area contributed by atoms with Crippen LogP contribution in [0.25, 0.3) is 11.4 Å². The largest absolute Gasteiger partial charge is 0.337 e. The second-order valence-electron chi connectivity index (χ2n) is 6.31. The lowest BCUT2D eigenvalue weighted by Crippen LogP contribution is -2.38. The van der Waals surface area contributed by atoms with Crippen LogP contribution >= 0.6 is 11.3 Å². The van der Waals surface area contributed by atoms with Crippen molar-refractivity contribution >= 4 is 17.2 Å². The molecule has 0 N–H and O–H groups in total. The maximum Gasteiger partial charge on any atom is 0.264 e. The number of rotatable bonds is 3. The Labute approximate surface area is 150 Å². The predicted molar refractivity (Wildman–Crippen MR) is 96.4 cm³/mol. The quantitative estimate of drug-likeness (QED) is 0.697. The second kappa shape index (κ2) is 6.80. The Bertz CT molecular complexity index is 872. The normalized spacial score (nSPS) is 17.6. The molecule has 1 fully saturated rings. The summed E-state index contributed by atoms with van der Waals surface area (Å²) in [6.45, 7) is 2.76. The van der Waals surface area contributed by atoms with Crippen LogP contribution in [0.5, 0.6) is 0 Å². The van der Waals surface area contributed by atoms with Crippen LogP contribution in [0.2, 0.25) is 0 Å². The van der Waals surface area contributed by atoms with Crippen LogP contribution in [0, 0.1) is 6.92 Å². The van der Waals surface area contributed by atoms with Crippen LogP contribution in [0.3, 0.4) is 0 Å². The van der Waals surface area contributed by atoms with E-state index >= 15 is 0 Å². The molecule has 0 unspecified atom stereocenters. The zero-order valence-corrected chi connectivity index (χ0v) is 14.8. The molecule has 1 amide bonds. The average molecular weight is 353 g/mol. The highest BCUT2D eigenvalue weighted by Gasteiger charge is 2.33. The van der Waals surface area contributed by atoms with Gasteiger partial charge in [-0.05, 0) is 43.7 Å². The minimum absolute atomic E-state index is 0.0509. The molecule has 6 heteroatoms. The topological polar surface area (TPSA) is 59.2 Å². The molecule has 3 aromatic rings. The Morgan fingerprint density at radius 3 is 3.00 bits per heavy atom. The number of piperidine rings is 1. The number of thiophene rings is 1. The monoisotopic (exact) mass is 353 g/mol. The molecule has 1 aromatic carbocycles. The summed E-state index contributed by atoms with van der Waals surface area (Å²) in [5.41, 5.74) is 2.08. The zero-order valence-electron chi connectivity index (χ0n) is 14.0. The summed E-state index contributed by atoms with van der Waals surface area (Å²) in [4.78, 5) is 20.0. The zero-order chi connectivity index (χ0) is 17.2. The van der Waals surface area contributed by atoms with E-state index in [9.17, 15) is 4.79 Å². The third-order valence-corrected chi connectivity index (χ3v) is 5.36. The first-order valence-electron chi connectivity index (χ1n) is 8.47. The van der Waals surface area contributed by atoms with Crippen molar-refractivity contribution in [2.24, 2.45) is 0 Å². The average Bonchev–Trinajstić information content (AvgIpc) is 3.33. The lowest BCUT2D eigenvalue weighted by atomic mass is 10.0. The van der Waals surface area contributed by atoms with Crippen LogP contribution in [0.1, 0.15) is 46.4 Å². The van der Waals surface area contributed by atoms with Crippen molar-refractivity contribution in [3.05, 3.63) is 58.1 Å². The van der Waals surface area contributed by atoms with E-state index in [1.54, 1.807) is 0 Å². The summed E-state index contributed by atoms with van der Waals surface area (Å²) in [7, 11) is 0. The molecule has 1 saturated heterocycles. The number of hydrogen-bond acceptors (Lipinski definition) is 5. The van der Waals surface area contributed by atoms with Gasteiger partial charge in [0, 0.05) is 12.1 Å². The fourth-order valence-electron chi connectivity index (χ4n) is 3.25. The Morgan fingerprint density at radius 1 is 1.28 bits per heavy atom. The second-order valence-corrected chi connectivity index (χ2v) is 7.26. The highest BCUT2D eigenvalue weighted by Crippen LogP contribution is 2.33. The van der Waals surface area contributed by atoms with E-state index in [2.05, 4.69) is 10.1 Å². The van der Waals surface area contributed by atoms with Gasteiger partial charge in [0.2, 0.25) is 11.7 Å². The van der Waals surface area contributed by atoms with Crippen molar-refractivity contribution in [3.8, 4) is 11.4 Å². The number of carbonyl (C=O) groups excluding carboxylic acids is 1. The molecule has 128 valence electrons. The molecule has 3 heterocycles. The van der Waals surface area contributed by atoms with Gasteiger partial charge in [-0.3, -0.25) is 4.79 Å². The highest BCUT2D eigenvalue weighted by atomic mass is 32.1. The summed E-state index contributed by atoms with van der Waals surface area (Å²) in [6, 6.07) is 11.6. The maximum absolute atomic E-state index is 12.8. The van der Waals surface area contributed by atoms with Gasteiger partial charge in [0.1, 0.15) is 6.04 Å². The maximum atomic E-state index is 12.8. The molecule has 1 aliphatic rings. The van der Waals surface area contributed by atoms with E-state index in [4.69, 9.17) is 4.52 Å². The molecular weight excluding hydrogens is 334 g/mol. The number of aryl methyl sites for hydroxylation is 1. The molecule has 25 heavy (non-hydrogen) atoms. The van der Waals surface area contributed by atoms with Crippen molar-refractivity contribution in [1.29, 1.82) is 0 Å². The highest BCUT2D eigenvalue weighted by molar-refractivity contribution is 7.12. The molecule has 4 rings (SSSR count). The fourth-order valence-corrected chi connectivity index (χ4v) is 3.92. The van der Waals surface area contributed by atoms with Crippen molar-refractivity contribution in [2.75, 3.05) is 6.54 Å². The first-order valence-corrected chi connectivity index (χ1v) is 9.35. The van der Waals surface area contributed by atoms with Crippen molar-refractivity contribution in [1.82, 2.24) is 15.0 Å². The van der Waals surface area contributed by atoms with E-state index in [1.807, 2.05) is 53.6 Å². The number of carbonyl (C=O) groups is 1. The Balaban J connectivity index is 1.62. The van der Waals surface area contributed by atoms with Crippen molar-refractivity contribution in [2.45, 2.75) is 32.2 Å². The summed E-state index contributed by atoms with van der Waals surface area (Å²) in [6.07, 6.45) is 2.92. The van der Waals surface area contributed by atoms with Crippen LogP contribution in [0.4, 0.5) is 0 Å². The number of amides is 1. The number of likely N-dealkylation sites (tertiary alicyclic amines) is 1. The predicted octanol–water partition coefficient (Wildman–Crippen LogP) is 4.47. The third-order valence-electron chi connectivity index (χ3n) is 4.50. The van der Waals surface area contributed by atoms with Crippen LogP contribution in [0.15, 0.2) is 46.3 Å². The summed E-state index contributed by atoms with van der Waals surface area (Å²) >= 11 is 1.47. The smallest absolute Gasteiger partial charge is 0.264 e. The van der Waals surface area contributed by atoms with E-state index in [0.717, 1.165) is 41.8 Å². The van der Waals surface area contributed by atoms with Gasteiger partial charge in [-0.2, -0.15) is 4.98 Å². The number of hydrogen-bond donors (Lipinski definition) is 0. The van der Waals surface area contributed by atoms with Gasteiger partial charge < -0.3 is 9.42 Å². The van der Waals surface area contributed by atoms with E-state index in [-0.39, 0.29) is 11.9 Å². The molecule has 5 nitrogen and oxygen atoms in total. The van der Waals surface area contributed by atoms with Gasteiger partial charge in [-0.1, -0.05) is 35.0 Å². The Hall–Kier alpha value is -2.47. The molecule has 1 aliphatic heterocycles. The lowest BCUT2D eigenvalue weighted by molar-refractivity contribution is 0.0566. The summed E-state index contributed by atoms with van der Waals surface area (Å²) in [5, 5.41) is 6.06. The van der Waals surface area contributed by atoms with E-state index < -0.39 is 0 Å². The molecule has 0 aliphatic carbocycles. The van der Waals surface area contributed by atoms with E-state index in [1.165, 1.54) is 11.3 Å². The van der Waals surface area contributed by atoms with Crippen molar-refractivity contribution < 1.29 is 9.32 Å². The molecule has 2 aromatic heterocycles. The van der Waals surface area contributed by atoms with Crippen LogP contribution in [-0.2, 0) is 0 Å². The molecule has 0 spiro atoms. The molecular formula is C19H19N3O2S. The first kappa shape index (κ1) is 16.0. The van der Waals surface area contributed by atoms with Gasteiger partial charge in [0.05, 0.1) is 4.88 Å². The van der Waals surface area contributed by atoms with Crippen LogP contribution in [-0.4, -0.2) is 27.5 Å². The Morgan fingerprint density at radius 2 is 2.20 bits per heavy atom. The van der Waals surface area contributed by atoms with Gasteiger partial charge >= 0.3 is 0 Å². The van der Waals surface area contributed by atoms with Gasteiger partial charge in [-0.15, -0.1) is 11.3 Å². The van der Waals surface area contributed by atoms with Crippen LogP contribution < -0.4 is 0 Å². The van der Waals surface area contributed by atoms with Gasteiger partial charge in [-0.25, -0.2) is 0 Å². The number of nitrogens with zero attached hydrogens (tertiary/aromatic N) is 3. The van der Waals surface area contributed by atoms with Gasteiger partial charge in [0.25, 0.3) is 5.91 Å². The number of aromatic nitrogens is 2. The van der Waals surface area contributed by atoms with Crippen molar-refractivity contribution in [3.63, 3.8) is 0 Å².